The van der Waals surface area contributed by atoms with E-state index in [1.807, 2.05) is 0 Å². The summed E-state index contributed by atoms with van der Waals surface area (Å²) in [5, 5.41) is 12.9. The molecule has 6 heteroatoms. The highest BCUT2D eigenvalue weighted by molar-refractivity contribution is 6.92. The third-order valence-corrected chi connectivity index (χ3v) is 21.5. The van der Waals surface area contributed by atoms with Gasteiger partial charge in [0.1, 0.15) is 0 Å². The summed E-state index contributed by atoms with van der Waals surface area (Å²) in [5.41, 5.74) is 25.5. The highest BCUT2D eigenvalue weighted by Gasteiger charge is 2.40. The lowest BCUT2D eigenvalue weighted by atomic mass is 9.45. The molecule has 0 aromatic heterocycles. The van der Waals surface area contributed by atoms with Crippen LogP contribution in [0, 0.1) is 0 Å². The lowest BCUT2D eigenvalue weighted by molar-refractivity contribution is 1.36. The Morgan fingerprint density at radius 1 is 0.163 bits per heavy atom. The van der Waals surface area contributed by atoms with E-state index in [-0.39, 0.29) is 20.5 Å². The van der Waals surface area contributed by atoms with Crippen LogP contribution in [0.4, 0.5) is 34.1 Å². The number of anilines is 6. The quantitative estimate of drug-likeness (QED) is 0.116. The summed E-state index contributed by atoms with van der Waals surface area (Å²) in [7, 11) is 0. The molecule has 3 aliphatic rings. The van der Waals surface area contributed by atoms with E-state index in [2.05, 4.69) is 427 Å². The molecule has 484 valence electrons. The predicted octanol–water partition coefficient (Wildman–Crippen LogP) is 21.3. The van der Waals surface area contributed by atoms with E-state index in [1.54, 1.807) is 0 Å². The molecule has 0 saturated heterocycles. The fraction of sp³-hybridized carbons (Fsp3) is 0. The van der Waals surface area contributed by atoms with Crippen molar-refractivity contribution in [2.45, 2.75) is 0 Å². The SMILES string of the molecule is c1ccc(B2c3ccccc3-c3ccccc3N2c2ccc(-c3ccc4c5ccccc5c5ccccc5c4c3)cc2)cc1.c1ccc(B2c3ccccc3-c3ccccc3N2c2ccc3ccccc3c2)cc1.c1ccc(N2B(c3ccc4ccccc4c3)c3ccccc3-c3ccccc32)cc1. The van der Waals surface area contributed by atoms with Crippen LogP contribution in [0.25, 0.3) is 98.4 Å². The Hall–Kier alpha value is -13.1. The van der Waals surface area contributed by atoms with Crippen LogP contribution in [0.1, 0.15) is 0 Å². The van der Waals surface area contributed by atoms with E-state index in [4.69, 9.17) is 0 Å². The van der Waals surface area contributed by atoms with Crippen LogP contribution in [0.15, 0.2) is 413 Å². The Bertz CT molecular complexity index is 5990. The topological polar surface area (TPSA) is 9.72 Å². The minimum absolute atomic E-state index is 0.0773. The van der Waals surface area contributed by atoms with E-state index in [0.717, 1.165) is 0 Å². The van der Waals surface area contributed by atoms with Gasteiger partial charge in [0.15, 0.2) is 0 Å². The van der Waals surface area contributed by atoms with Crippen molar-refractivity contribution in [2.24, 2.45) is 0 Å². The van der Waals surface area contributed by atoms with Crippen molar-refractivity contribution in [3.05, 3.63) is 413 Å². The second kappa shape index (κ2) is 26.7. The van der Waals surface area contributed by atoms with Crippen LogP contribution in [0.2, 0.25) is 0 Å². The van der Waals surface area contributed by atoms with E-state index < -0.39 is 0 Å². The number of para-hydroxylation sites is 4. The van der Waals surface area contributed by atoms with Crippen molar-refractivity contribution in [1.29, 1.82) is 0 Å². The molecular weight excluding hydrogens is 1250 g/mol. The lowest BCUT2D eigenvalue weighted by Crippen LogP contribution is -2.57. The van der Waals surface area contributed by atoms with Gasteiger partial charge in [0.2, 0.25) is 0 Å². The van der Waals surface area contributed by atoms with E-state index in [1.165, 1.54) is 165 Å². The van der Waals surface area contributed by atoms with Crippen LogP contribution in [0.3, 0.4) is 0 Å². The maximum absolute atomic E-state index is 2.51. The summed E-state index contributed by atoms with van der Waals surface area (Å²) in [6.07, 6.45) is 0. The maximum atomic E-state index is 2.51. The van der Waals surface area contributed by atoms with Gasteiger partial charge in [-0.1, -0.05) is 368 Å². The molecule has 3 aliphatic heterocycles. The van der Waals surface area contributed by atoms with Gasteiger partial charge in [-0.2, -0.15) is 0 Å². The molecule has 0 unspecified atom stereocenters. The first-order valence-corrected chi connectivity index (χ1v) is 36.1. The van der Waals surface area contributed by atoms with Gasteiger partial charge in [-0.25, -0.2) is 0 Å². The highest BCUT2D eigenvalue weighted by atomic mass is 15.1. The molecule has 18 aromatic rings. The second-order valence-electron chi connectivity index (χ2n) is 27.3. The Labute approximate surface area is 608 Å². The minimum atomic E-state index is 0.0773. The highest BCUT2D eigenvalue weighted by Crippen LogP contribution is 2.45. The minimum Gasteiger partial charge on any atom is -0.376 e. The first-order valence-electron chi connectivity index (χ1n) is 36.1. The molecular formula is C98H68B3N3. The smallest absolute Gasteiger partial charge is 0.328 e. The molecule has 3 heterocycles. The van der Waals surface area contributed by atoms with Crippen molar-refractivity contribution in [3.63, 3.8) is 0 Å². The molecule has 0 fully saturated rings. The zero-order valence-electron chi connectivity index (χ0n) is 57.3. The van der Waals surface area contributed by atoms with Crippen LogP contribution in [-0.4, -0.2) is 20.5 Å². The lowest BCUT2D eigenvalue weighted by Gasteiger charge is -2.39. The van der Waals surface area contributed by atoms with Crippen LogP contribution < -0.4 is 47.2 Å². The molecule has 0 bridgehead atoms. The zero-order valence-corrected chi connectivity index (χ0v) is 57.3. The fourth-order valence-corrected chi connectivity index (χ4v) is 16.8. The number of hydrogen-bond donors (Lipinski definition) is 0. The fourth-order valence-electron chi connectivity index (χ4n) is 16.8. The van der Waals surface area contributed by atoms with Gasteiger partial charge in [-0.15, -0.1) is 0 Å². The molecule has 18 aromatic carbocycles. The van der Waals surface area contributed by atoms with Gasteiger partial charge in [0.25, 0.3) is 0 Å². The van der Waals surface area contributed by atoms with Gasteiger partial charge < -0.3 is 14.4 Å². The van der Waals surface area contributed by atoms with Gasteiger partial charge >= 0.3 is 20.5 Å². The van der Waals surface area contributed by atoms with E-state index in [0.29, 0.717) is 0 Å². The van der Waals surface area contributed by atoms with Crippen molar-refractivity contribution in [3.8, 4) is 44.5 Å². The number of fused-ring (bicyclic) bond motifs is 17. The molecule has 3 nitrogen and oxygen atoms in total. The maximum Gasteiger partial charge on any atom is 0.328 e. The monoisotopic (exact) mass is 1320 g/mol. The molecule has 0 aliphatic carbocycles. The second-order valence-corrected chi connectivity index (χ2v) is 27.3. The number of rotatable bonds is 7. The summed E-state index contributed by atoms with van der Waals surface area (Å²) in [6, 6.07) is 150. The van der Waals surface area contributed by atoms with Gasteiger partial charge in [-0.05, 0) is 159 Å². The summed E-state index contributed by atoms with van der Waals surface area (Å²) in [6.45, 7) is 0.315. The summed E-state index contributed by atoms with van der Waals surface area (Å²) in [5.74, 6) is 0. The third kappa shape index (κ3) is 11.0. The molecule has 0 saturated carbocycles. The van der Waals surface area contributed by atoms with Crippen LogP contribution in [0.5, 0.6) is 0 Å². The average Bonchev–Trinajstić information content (AvgIpc) is 0.735. The molecule has 0 amide bonds. The molecule has 104 heavy (non-hydrogen) atoms. The first kappa shape index (κ1) is 61.9. The van der Waals surface area contributed by atoms with Crippen molar-refractivity contribution in [2.75, 3.05) is 14.4 Å². The summed E-state index contributed by atoms with van der Waals surface area (Å²) in [4.78, 5) is 7.50. The van der Waals surface area contributed by atoms with Crippen molar-refractivity contribution in [1.82, 2.24) is 0 Å². The van der Waals surface area contributed by atoms with E-state index >= 15 is 0 Å². The Kier molecular flexibility index (Phi) is 15.9. The zero-order chi connectivity index (χ0) is 68.9. The summed E-state index contributed by atoms with van der Waals surface area (Å²) < 4.78 is 0. The van der Waals surface area contributed by atoms with E-state index in [9.17, 15) is 0 Å². The average molecular weight is 1320 g/mol. The van der Waals surface area contributed by atoms with Crippen LogP contribution in [-0.2, 0) is 0 Å². The standard InChI is InChI=1S/C42H28BN.2C28H20BN/c1-2-12-31(13-3-1)43-41-20-10-8-18-38(41)39-19-9-11-21-42(39)44(43)32-25-22-29(23-26-32)30-24-27-37-35-16-5-4-14-33(35)34-15-6-7-17-36(34)40(37)28-30;1-2-12-24(13-3-1)30-28-17-9-7-15-26(28)25-14-6-8-16-27(25)29(30)23-19-18-21-10-4-5-11-22(21)20-23;1-2-12-23(13-3-1)29-27-16-8-6-14-25(27)26-15-7-9-17-28(26)30(29)24-19-18-21-10-4-5-11-22(21)20-24/h1-28H;2*1-20H. The summed E-state index contributed by atoms with van der Waals surface area (Å²) >= 11 is 0. The Morgan fingerprint density at radius 2 is 0.481 bits per heavy atom. The van der Waals surface area contributed by atoms with Crippen molar-refractivity contribution < 1.29 is 0 Å². The van der Waals surface area contributed by atoms with Gasteiger partial charge in [-0.3, -0.25) is 0 Å². The third-order valence-electron chi connectivity index (χ3n) is 21.5. The first-order chi connectivity index (χ1) is 51.6. The Morgan fingerprint density at radius 3 is 0.962 bits per heavy atom. The largest absolute Gasteiger partial charge is 0.376 e. The predicted molar refractivity (Wildman–Crippen MR) is 449 cm³/mol. The number of nitrogens with zero attached hydrogens (tertiary/aromatic N) is 3. The normalized spacial score (nSPS) is 12.5. The molecule has 21 rings (SSSR count). The Balaban J connectivity index is 0.000000111. The molecule has 0 N–H and O–H groups in total. The molecule has 0 atom stereocenters. The number of benzene rings is 18. The van der Waals surface area contributed by atoms with Crippen LogP contribution >= 0.6 is 0 Å². The number of hydrogen-bond acceptors (Lipinski definition) is 3. The van der Waals surface area contributed by atoms with Gasteiger partial charge in [0, 0.05) is 50.8 Å². The van der Waals surface area contributed by atoms with Gasteiger partial charge in [0.05, 0.1) is 0 Å². The molecule has 0 radical (unpaired) electrons. The molecule has 0 spiro atoms. The van der Waals surface area contributed by atoms with Crippen molar-refractivity contribution >= 4 is 141 Å².